The van der Waals surface area contributed by atoms with Gasteiger partial charge in [-0.25, -0.2) is 4.79 Å². The van der Waals surface area contributed by atoms with Crippen LogP contribution in [0.3, 0.4) is 0 Å². The van der Waals surface area contributed by atoms with Crippen LogP contribution < -0.4 is 10.6 Å². The van der Waals surface area contributed by atoms with Crippen LogP contribution in [0, 0.1) is 0 Å². The Bertz CT molecular complexity index is 980. The molecule has 1 atom stereocenters. The van der Waals surface area contributed by atoms with E-state index in [4.69, 9.17) is 16.3 Å². The smallest absolute Gasteiger partial charge is 0.410 e. The van der Waals surface area contributed by atoms with Gasteiger partial charge in [0.15, 0.2) is 0 Å². The molecule has 0 spiro atoms. The highest BCUT2D eigenvalue weighted by Gasteiger charge is 2.35. The van der Waals surface area contributed by atoms with Crippen LogP contribution in [-0.4, -0.2) is 35.2 Å². The van der Waals surface area contributed by atoms with Crippen molar-refractivity contribution in [1.82, 2.24) is 10.2 Å². The topological polar surface area (TPSA) is 90.9 Å². The Morgan fingerprint density at radius 2 is 2.25 bits per heavy atom. The van der Waals surface area contributed by atoms with Gasteiger partial charge in [-0.05, 0) is 31.0 Å². The summed E-state index contributed by atoms with van der Waals surface area (Å²) in [6.07, 6.45) is -0.368. The number of aromatic hydroxyl groups is 1. The molecular weight excluding hydrogens is 470 g/mol. The van der Waals surface area contributed by atoms with Crippen molar-refractivity contribution >= 4 is 55.9 Å². The summed E-state index contributed by atoms with van der Waals surface area (Å²) in [7, 11) is 0. The van der Waals surface area contributed by atoms with Gasteiger partial charge >= 0.3 is 6.09 Å². The lowest BCUT2D eigenvalue weighted by atomic mass is 10.0. The minimum absolute atomic E-state index is 0.0825. The molecule has 0 saturated heterocycles. The SMILES string of the molecule is CCOC(=O)N1CCc2c(sc3c2C(=O)N[C@@H](c2cc(Br)cc(Cl)c2O)N3)C1. The van der Waals surface area contributed by atoms with Gasteiger partial charge in [-0.2, -0.15) is 0 Å². The molecule has 2 aliphatic rings. The van der Waals surface area contributed by atoms with Crippen molar-refractivity contribution in [3.05, 3.63) is 43.2 Å². The minimum atomic E-state index is -0.615. The molecule has 0 unspecified atom stereocenters. The molecule has 10 heteroatoms. The standard InChI is InChI=1S/C18H17BrClN3O4S/c1-2-27-18(26)23-4-3-9-12(7-23)28-17-13(9)16(25)21-15(22-17)10-5-8(19)6-11(20)14(10)24/h5-6,15,22,24H,2-4,7H2,1H3,(H,21,25)/t15-/m1/s1. The maximum absolute atomic E-state index is 12.8. The number of ether oxygens (including phenoxy) is 1. The van der Waals surface area contributed by atoms with Crippen LogP contribution in [-0.2, 0) is 17.7 Å². The normalized spacial score (nSPS) is 18.0. The van der Waals surface area contributed by atoms with Crippen LogP contribution >= 0.6 is 38.9 Å². The number of hydrogen-bond acceptors (Lipinski definition) is 6. The van der Waals surface area contributed by atoms with Crippen LogP contribution in [0.25, 0.3) is 0 Å². The van der Waals surface area contributed by atoms with Gasteiger partial charge in [0.25, 0.3) is 5.91 Å². The largest absolute Gasteiger partial charge is 0.506 e. The summed E-state index contributed by atoms with van der Waals surface area (Å²) >= 11 is 10.9. The monoisotopic (exact) mass is 485 g/mol. The summed E-state index contributed by atoms with van der Waals surface area (Å²) in [5.41, 5.74) is 2.04. The van der Waals surface area contributed by atoms with E-state index in [1.807, 2.05) is 0 Å². The van der Waals surface area contributed by atoms with E-state index in [1.165, 1.54) is 11.3 Å². The summed E-state index contributed by atoms with van der Waals surface area (Å²) in [5, 5.41) is 17.4. The zero-order valence-electron chi connectivity index (χ0n) is 14.8. The molecule has 2 aromatic rings. The lowest BCUT2D eigenvalue weighted by molar-refractivity contribution is 0.0934. The first-order valence-corrected chi connectivity index (χ1v) is 10.7. The Kier molecular flexibility index (Phi) is 5.15. The van der Waals surface area contributed by atoms with Crippen molar-refractivity contribution in [2.24, 2.45) is 0 Å². The molecule has 0 fully saturated rings. The third kappa shape index (κ3) is 3.31. The molecule has 0 aliphatic carbocycles. The van der Waals surface area contributed by atoms with Gasteiger partial charge in [-0.3, -0.25) is 4.79 Å². The molecule has 3 N–H and O–H groups in total. The lowest BCUT2D eigenvalue weighted by Gasteiger charge is -2.28. The molecule has 28 heavy (non-hydrogen) atoms. The van der Waals surface area contributed by atoms with Gasteiger partial charge in [0.2, 0.25) is 0 Å². The summed E-state index contributed by atoms with van der Waals surface area (Å²) in [5.74, 6) is -0.294. The maximum Gasteiger partial charge on any atom is 0.410 e. The molecule has 4 rings (SSSR count). The quantitative estimate of drug-likeness (QED) is 0.591. The Balaban J connectivity index is 1.64. The van der Waals surface area contributed by atoms with E-state index in [1.54, 1.807) is 24.0 Å². The number of phenols is 1. The number of benzene rings is 1. The Hall–Kier alpha value is -1.97. The number of hydrogen-bond donors (Lipinski definition) is 3. The Morgan fingerprint density at radius 1 is 1.46 bits per heavy atom. The molecule has 7 nitrogen and oxygen atoms in total. The van der Waals surface area contributed by atoms with Crippen molar-refractivity contribution in [2.75, 3.05) is 18.5 Å². The number of phenolic OH excluding ortho intramolecular Hbond substituents is 1. The predicted octanol–water partition coefficient (Wildman–Crippen LogP) is 4.24. The molecule has 2 aliphatic heterocycles. The highest BCUT2D eigenvalue weighted by Crippen LogP contribution is 2.43. The van der Waals surface area contributed by atoms with Crippen molar-refractivity contribution in [2.45, 2.75) is 26.1 Å². The fraction of sp³-hybridized carbons (Fsp3) is 0.333. The molecule has 0 bridgehead atoms. The average Bonchev–Trinajstić information content (AvgIpc) is 3.02. The minimum Gasteiger partial charge on any atom is -0.506 e. The summed E-state index contributed by atoms with van der Waals surface area (Å²) in [4.78, 5) is 27.5. The molecular formula is C18H17BrClN3O4S. The van der Waals surface area contributed by atoms with Gasteiger partial charge in [0.05, 0.1) is 23.7 Å². The first kappa shape index (κ1) is 19.4. The first-order valence-electron chi connectivity index (χ1n) is 8.70. The molecule has 1 aromatic heterocycles. The van der Waals surface area contributed by atoms with E-state index in [2.05, 4.69) is 26.6 Å². The number of thiophene rings is 1. The van der Waals surface area contributed by atoms with Crippen molar-refractivity contribution in [1.29, 1.82) is 0 Å². The zero-order valence-corrected chi connectivity index (χ0v) is 18.0. The molecule has 0 radical (unpaired) electrons. The number of anilines is 1. The third-order valence-corrected chi connectivity index (χ3v) is 6.62. The van der Waals surface area contributed by atoms with Gasteiger partial charge in [0.1, 0.15) is 16.9 Å². The second-order valence-electron chi connectivity index (χ2n) is 6.45. The van der Waals surface area contributed by atoms with Crippen LogP contribution in [0.4, 0.5) is 9.80 Å². The fourth-order valence-electron chi connectivity index (χ4n) is 3.45. The second-order valence-corrected chi connectivity index (χ2v) is 8.88. The van der Waals surface area contributed by atoms with E-state index in [0.717, 1.165) is 15.4 Å². The maximum atomic E-state index is 12.8. The average molecular weight is 487 g/mol. The van der Waals surface area contributed by atoms with E-state index >= 15 is 0 Å². The van der Waals surface area contributed by atoms with Crippen molar-refractivity contribution < 1.29 is 19.4 Å². The summed E-state index contributed by atoms with van der Waals surface area (Å²) < 4.78 is 5.78. The van der Waals surface area contributed by atoms with Gasteiger partial charge in [0, 0.05) is 21.5 Å². The molecule has 2 amide bonds. The molecule has 3 heterocycles. The number of fused-ring (bicyclic) bond motifs is 3. The van der Waals surface area contributed by atoms with Gasteiger partial charge in [-0.15, -0.1) is 11.3 Å². The van der Waals surface area contributed by atoms with Crippen LogP contribution in [0.1, 0.15) is 39.5 Å². The first-order chi connectivity index (χ1) is 13.4. The van der Waals surface area contributed by atoms with Crippen molar-refractivity contribution in [3.8, 4) is 5.75 Å². The molecule has 148 valence electrons. The highest BCUT2D eigenvalue weighted by molar-refractivity contribution is 9.10. The third-order valence-electron chi connectivity index (χ3n) is 4.73. The number of halogens is 2. The lowest BCUT2D eigenvalue weighted by Crippen LogP contribution is -2.39. The predicted molar refractivity (Wildman–Crippen MR) is 110 cm³/mol. The highest BCUT2D eigenvalue weighted by atomic mass is 79.9. The number of carbonyl (C=O) groups excluding carboxylic acids is 2. The summed E-state index contributed by atoms with van der Waals surface area (Å²) in [6.45, 7) is 3.02. The number of rotatable bonds is 2. The second kappa shape index (κ2) is 7.46. The molecule has 1 aromatic carbocycles. The van der Waals surface area contributed by atoms with E-state index < -0.39 is 6.17 Å². The molecule has 0 saturated carbocycles. The zero-order chi connectivity index (χ0) is 20.0. The van der Waals surface area contributed by atoms with Gasteiger partial charge in [-0.1, -0.05) is 27.5 Å². The number of nitrogens with zero attached hydrogens (tertiary/aromatic N) is 1. The number of nitrogens with one attached hydrogen (secondary N) is 2. The van der Waals surface area contributed by atoms with E-state index in [0.29, 0.717) is 41.7 Å². The van der Waals surface area contributed by atoms with E-state index in [-0.39, 0.29) is 22.8 Å². The fourth-order valence-corrected chi connectivity index (χ4v) is 5.57. The van der Waals surface area contributed by atoms with Crippen molar-refractivity contribution in [3.63, 3.8) is 0 Å². The Morgan fingerprint density at radius 3 is 3.00 bits per heavy atom. The van der Waals surface area contributed by atoms with Gasteiger partial charge < -0.3 is 25.4 Å². The Labute approximate surface area is 178 Å². The summed E-state index contributed by atoms with van der Waals surface area (Å²) in [6, 6.07) is 3.30. The van der Waals surface area contributed by atoms with E-state index in [9.17, 15) is 14.7 Å². The van der Waals surface area contributed by atoms with Crippen LogP contribution in [0.2, 0.25) is 5.02 Å². The van der Waals surface area contributed by atoms with Crippen LogP contribution in [0.15, 0.2) is 16.6 Å². The number of amides is 2. The van der Waals surface area contributed by atoms with Crippen LogP contribution in [0.5, 0.6) is 5.75 Å². The number of carbonyl (C=O) groups is 2.